The molecule has 1 amide bonds. The average Bonchev–Trinajstić information content (AvgIpc) is 3.09. The standard InChI is InChI=1S/C19H20N6O/c1-14-13-22-18-17(21-6-7-25(14)18)23-8-10-24(11-9-23)19(26)16-4-2-15(12-20)3-5-16/h2-7,14H,8-11,13H2,1H3/t14-/m1/s1. The van der Waals surface area contributed by atoms with Gasteiger partial charge in [0.05, 0.1) is 24.2 Å². The third-order valence-corrected chi connectivity index (χ3v) is 4.98. The summed E-state index contributed by atoms with van der Waals surface area (Å²) < 4.78 is 0. The number of benzene rings is 1. The molecule has 3 aliphatic heterocycles. The van der Waals surface area contributed by atoms with Gasteiger partial charge in [-0.2, -0.15) is 5.26 Å². The Hall–Kier alpha value is -3.14. The molecule has 7 heteroatoms. The van der Waals surface area contributed by atoms with Crippen molar-refractivity contribution >= 4 is 17.6 Å². The molecule has 4 rings (SSSR count). The van der Waals surface area contributed by atoms with Gasteiger partial charge in [0.25, 0.3) is 5.91 Å². The second-order valence-corrected chi connectivity index (χ2v) is 6.64. The maximum atomic E-state index is 12.7. The van der Waals surface area contributed by atoms with Crippen LogP contribution in [0.5, 0.6) is 0 Å². The highest BCUT2D eigenvalue weighted by atomic mass is 16.2. The Morgan fingerprint density at radius 1 is 1.15 bits per heavy atom. The van der Waals surface area contributed by atoms with Gasteiger partial charge in [0.15, 0.2) is 11.7 Å². The molecule has 0 spiro atoms. The summed E-state index contributed by atoms with van der Waals surface area (Å²) in [5, 5.41) is 8.87. The van der Waals surface area contributed by atoms with Crippen molar-refractivity contribution in [1.82, 2.24) is 14.7 Å². The SMILES string of the molecule is C[C@@H]1CN=C2C(N3CCN(C(=O)c4ccc(C#N)cc4)CC3)=NC=CN21. The molecule has 1 fully saturated rings. The Morgan fingerprint density at radius 3 is 2.58 bits per heavy atom. The van der Waals surface area contributed by atoms with Crippen LogP contribution in [-0.2, 0) is 0 Å². The second kappa shape index (κ2) is 6.64. The minimum absolute atomic E-state index is 0.00748. The maximum absolute atomic E-state index is 12.7. The number of carbonyl (C=O) groups is 1. The molecule has 0 aromatic heterocycles. The van der Waals surface area contributed by atoms with Gasteiger partial charge in [-0.1, -0.05) is 0 Å². The number of amides is 1. The number of hydrogen-bond acceptors (Lipinski definition) is 6. The third-order valence-electron chi connectivity index (χ3n) is 4.98. The van der Waals surface area contributed by atoms with E-state index in [2.05, 4.69) is 32.8 Å². The molecule has 26 heavy (non-hydrogen) atoms. The van der Waals surface area contributed by atoms with Gasteiger partial charge >= 0.3 is 0 Å². The summed E-state index contributed by atoms with van der Waals surface area (Å²) in [7, 11) is 0. The molecule has 0 radical (unpaired) electrons. The second-order valence-electron chi connectivity index (χ2n) is 6.64. The Labute approximate surface area is 152 Å². The van der Waals surface area contributed by atoms with Crippen LogP contribution in [0.4, 0.5) is 0 Å². The van der Waals surface area contributed by atoms with Crippen molar-refractivity contribution in [2.75, 3.05) is 32.7 Å². The number of aliphatic imine (C=N–C) groups is 2. The smallest absolute Gasteiger partial charge is 0.253 e. The van der Waals surface area contributed by atoms with E-state index in [1.165, 1.54) is 0 Å². The van der Waals surface area contributed by atoms with Gasteiger partial charge in [-0.05, 0) is 31.2 Å². The molecule has 3 heterocycles. The van der Waals surface area contributed by atoms with Gasteiger partial charge in [0.1, 0.15) is 0 Å². The van der Waals surface area contributed by atoms with Gasteiger partial charge in [0, 0.05) is 44.1 Å². The summed E-state index contributed by atoms with van der Waals surface area (Å²) in [5.41, 5.74) is 1.18. The number of hydrogen-bond donors (Lipinski definition) is 0. The minimum atomic E-state index is 0.00748. The Balaban J connectivity index is 1.41. The number of piperazine rings is 1. The van der Waals surface area contributed by atoms with Crippen LogP contribution in [0.3, 0.4) is 0 Å². The van der Waals surface area contributed by atoms with Crippen LogP contribution >= 0.6 is 0 Å². The first kappa shape index (κ1) is 16.3. The molecule has 132 valence electrons. The predicted molar refractivity (Wildman–Crippen MR) is 98.8 cm³/mol. The number of nitrogens with zero attached hydrogens (tertiary/aromatic N) is 6. The van der Waals surface area contributed by atoms with Crippen LogP contribution in [0.15, 0.2) is 46.7 Å². The Bertz CT molecular complexity index is 840. The van der Waals surface area contributed by atoms with E-state index >= 15 is 0 Å². The molecule has 0 saturated carbocycles. The Morgan fingerprint density at radius 2 is 1.88 bits per heavy atom. The summed E-state index contributed by atoms with van der Waals surface area (Å²) in [4.78, 5) is 28.0. The van der Waals surface area contributed by atoms with E-state index < -0.39 is 0 Å². The number of nitriles is 1. The molecule has 0 bridgehead atoms. The van der Waals surface area contributed by atoms with Gasteiger partial charge in [-0.3, -0.25) is 9.79 Å². The highest BCUT2D eigenvalue weighted by molar-refractivity contribution is 6.41. The van der Waals surface area contributed by atoms with E-state index in [0.29, 0.717) is 30.3 Å². The van der Waals surface area contributed by atoms with E-state index in [9.17, 15) is 4.79 Å². The molecule has 0 N–H and O–H groups in total. The van der Waals surface area contributed by atoms with Crippen LogP contribution in [0.1, 0.15) is 22.8 Å². The van der Waals surface area contributed by atoms with E-state index in [0.717, 1.165) is 31.3 Å². The van der Waals surface area contributed by atoms with Gasteiger partial charge < -0.3 is 14.7 Å². The molecule has 0 aliphatic carbocycles. The molecule has 0 unspecified atom stereocenters. The fourth-order valence-electron chi connectivity index (χ4n) is 3.45. The van der Waals surface area contributed by atoms with Crippen molar-refractivity contribution in [2.24, 2.45) is 9.98 Å². The van der Waals surface area contributed by atoms with Crippen LogP contribution in [0.2, 0.25) is 0 Å². The fourth-order valence-corrected chi connectivity index (χ4v) is 3.45. The maximum Gasteiger partial charge on any atom is 0.253 e. The summed E-state index contributed by atoms with van der Waals surface area (Å²) in [6.45, 7) is 5.69. The zero-order valence-electron chi connectivity index (χ0n) is 14.7. The first-order chi connectivity index (χ1) is 12.7. The molecular formula is C19H20N6O. The molecule has 1 aromatic rings. The number of fused-ring (bicyclic) bond motifs is 1. The quantitative estimate of drug-likeness (QED) is 0.767. The lowest BCUT2D eigenvalue weighted by molar-refractivity contribution is 0.0692. The van der Waals surface area contributed by atoms with Crippen molar-refractivity contribution in [2.45, 2.75) is 13.0 Å². The Kier molecular flexibility index (Phi) is 4.17. The highest BCUT2D eigenvalue weighted by Crippen LogP contribution is 2.18. The van der Waals surface area contributed by atoms with Crippen molar-refractivity contribution in [3.63, 3.8) is 0 Å². The molecule has 1 aromatic carbocycles. The molecular weight excluding hydrogens is 328 g/mol. The summed E-state index contributed by atoms with van der Waals surface area (Å²) in [6, 6.07) is 9.24. The highest BCUT2D eigenvalue weighted by Gasteiger charge is 2.33. The lowest BCUT2D eigenvalue weighted by Gasteiger charge is -2.38. The lowest BCUT2D eigenvalue weighted by Crippen LogP contribution is -2.54. The lowest BCUT2D eigenvalue weighted by atomic mass is 10.1. The minimum Gasteiger partial charge on any atom is -0.350 e. The first-order valence-corrected chi connectivity index (χ1v) is 8.79. The molecule has 3 aliphatic rings. The van der Waals surface area contributed by atoms with Crippen LogP contribution in [0, 0.1) is 11.3 Å². The molecule has 7 nitrogen and oxygen atoms in total. The fraction of sp³-hybridized carbons (Fsp3) is 0.368. The van der Waals surface area contributed by atoms with Crippen LogP contribution in [-0.4, -0.2) is 71.0 Å². The monoisotopic (exact) mass is 348 g/mol. The number of carbonyl (C=O) groups excluding carboxylic acids is 1. The van der Waals surface area contributed by atoms with E-state index in [1.807, 2.05) is 17.3 Å². The number of rotatable bonds is 1. The van der Waals surface area contributed by atoms with Crippen molar-refractivity contribution < 1.29 is 4.79 Å². The summed E-state index contributed by atoms with van der Waals surface area (Å²) in [5.74, 6) is 1.85. The van der Waals surface area contributed by atoms with Gasteiger partial charge in [0.2, 0.25) is 0 Å². The van der Waals surface area contributed by atoms with E-state index in [-0.39, 0.29) is 5.91 Å². The average molecular weight is 348 g/mol. The van der Waals surface area contributed by atoms with Crippen molar-refractivity contribution in [3.8, 4) is 6.07 Å². The first-order valence-electron chi connectivity index (χ1n) is 8.79. The summed E-state index contributed by atoms with van der Waals surface area (Å²) in [6.07, 6.45) is 3.80. The third kappa shape index (κ3) is 2.84. The molecule has 1 atom stereocenters. The van der Waals surface area contributed by atoms with Crippen molar-refractivity contribution in [3.05, 3.63) is 47.8 Å². The summed E-state index contributed by atoms with van der Waals surface area (Å²) >= 11 is 0. The topological polar surface area (TPSA) is 75.3 Å². The number of amidine groups is 2. The normalized spacial score (nSPS) is 21.8. The van der Waals surface area contributed by atoms with E-state index in [4.69, 9.17) is 5.26 Å². The zero-order valence-corrected chi connectivity index (χ0v) is 14.7. The van der Waals surface area contributed by atoms with Crippen molar-refractivity contribution in [1.29, 1.82) is 5.26 Å². The van der Waals surface area contributed by atoms with Gasteiger partial charge in [-0.15, -0.1) is 0 Å². The van der Waals surface area contributed by atoms with Crippen LogP contribution in [0.25, 0.3) is 0 Å². The predicted octanol–water partition coefficient (Wildman–Crippen LogP) is 1.30. The molecule has 1 saturated heterocycles. The van der Waals surface area contributed by atoms with E-state index in [1.54, 1.807) is 24.3 Å². The van der Waals surface area contributed by atoms with Crippen LogP contribution < -0.4 is 0 Å². The zero-order chi connectivity index (χ0) is 18.1. The largest absolute Gasteiger partial charge is 0.350 e. The van der Waals surface area contributed by atoms with Gasteiger partial charge in [-0.25, -0.2) is 4.99 Å².